The van der Waals surface area contributed by atoms with Gasteiger partial charge in [-0.25, -0.2) is 25.6 Å². The van der Waals surface area contributed by atoms with Gasteiger partial charge in [-0.3, -0.25) is 0 Å². The Hall–Kier alpha value is -2.08. The Morgan fingerprint density at radius 2 is 1.18 bits per heavy atom. The number of halogens is 2. The summed E-state index contributed by atoms with van der Waals surface area (Å²) in [5.41, 5.74) is 0. The van der Waals surface area contributed by atoms with E-state index in [9.17, 15) is 25.6 Å². The summed E-state index contributed by atoms with van der Waals surface area (Å²) < 4.78 is 84.6. The summed E-state index contributed by atoms with van der Waals surface area (Å²) in [6.45, 7) is -0.414. The summed E-state index contributed by atoms with van der Waals surface area (Å²) >= 11 is 0. The largest absolute Gasteiger partial charge is 0.497 e. The molecule has 1 saturated heterocycles. The van der Waals surface area contributed by atoms with Crippen molar-refractivity contribution < 1.29 is 30.4 Å². The molecule has 2 aromatic rings. The molecule has 1 fully saturated rings. The molecule has 7 nitrogen and oxygen atoms in total. The third-order valence-electron chi connectivity index (χ3n) is 4.37. The SMILES string of the molecule is COc1ccc(S(=O)(=O)N2CCN(S(=O)(=O)c3cc(F)cc(F)c3)CC2)cc1. The first-order valence-electron chi connectivity index (χ1n) is 8.25. The molecule has 1 aliphatic rings. The zero-order chi connectivity index (χ0) is 20.5. The number of piperazine rings is 1. The van der Waals surface area contributed by atoms with Crippen LogP contribution in [-0.4, -0.2) is 58.7 Å². The molecule has 0 amide bonds. The van der Waals surface area contributed by atoms with Gasteiger partial charge in [-0.2, -0.15) is 8.61 Å². The van der Waals surface area contributed by atoms with Crippen molar-refractivity contribution in [3.63, 3.8) is 0 Å². The topological polar surface area (TPSA) is 84.0 Å². The van der Waals surface area contributed by atoms with Crippen molar-refractivity contribution in [2.75, 3.05) is 33.3 Å². The van der Waals surface area contributed by atoms with Crippen molar-refractivity contribution in [1.29, 1.82) is 0 Å². The quantitative estimate of drug-likeness (QED) is 0.718. The molecule has 0 saturated carbocycles. The minimum absolute atomic E-state index is 0.0665. The van der Waals surface area contributed by atoms with Crippen LogP contribution in [0.25, 0.3) is 0 Å². The number of methoxy groups -OCH3 is 1. The monoisotopic (exact) mass is 432 g/mol. The molecule has 0 aromatic heterocycles. The third kappa shape index (κ3) is 4.02. The minimum atomic E-state index is -4.13. The molecule has 28 heavy (non-hydrogen) atoms. The van der Waals surface area contributed by atoms with Crippen molar-refractivity contribution >= 4 is 20.0 Å². The normalized spacial score (nSPS) is 16.8. The van der Waals surface area contributed by atoms with Crippen LogP contribution in [-0.2, 0) is 20.0 Å². The van der Waals surface area contributed by atoms with Gasteiger partial charge in [0.05, 0.1) is 16.9 Å². The van der Waals surface area contributed by atoms with Gasteiger partial charge in [0.15, 0.2) is 0 Å². The summed E-state index contributed by atoms with van der Waals surface area (Å²) in [6, 6.07) is 7.91. The number of hydrogen-bond acceptors (Lipinski definition) is 5. The Kier molecular flexibility index (Phi) is 5.71. The molecule has 0 radical (unpaired) electrons. The van der Waals surface area contributed by atoms with E-state index in [-0.39, 0.29) is 31.1 Å². The molecular weight excluding hydrogens is 414 g/mol. The highest BCUT2D eigenvalue weighted by Crippen LogP contribution is 2.24. The fraction of sp³-hybridized carbons (Fsp3) is 0.294. The molecule has 0 unspecified atom stereocenters. The predicted molar refractivity (Wildman–Crippen MR) is 96.9 cm³/mol. The van der Waals surface area contributed by atoms with Crippen LogP contribution >= 0.6 is 0 Å². The highest BCUT2D eigenvalue weighted by atomic mass is 32.2. The second-order valence-electron chi connectivity index (χ2n) is 6.09. The molecule has 0 spiro atoms. The van der Waals surface area contributed by atoms with Crippen LogP contribution in [0.15, 0.2) is 52.3 Å². The standard InChI is InChI=1S/C17H18F2N2O5S2/c1-26-15-2-4-16(5-3-15)27(22,23)20-6-8-21(9-7-20)28(24,25)17-11-13(18)10-14(19)12-17/h2-5,10-12H,6-9H2,1H3. The van der Waals surface area contributed by atoms with Crippen LogP contribution in [0.4, 0.5) is 8.78 Å². The Labute approximate surface area is 162 Å². The van der Waals surface area contributed by atoms with Crippen molar-refractivity contribution in [3.05, 3.63) is 54.1 Å². The zero-order valence-corrected chi connectivity index (χ0v) is 16.5. The van der Waals surface area contributed by atoms with Crippen LogP contribution in [0.3, 0.4) is 0 Å². The van der Waals surface area contributed by atoms with Crippen LogP contribution < -0.4 is 4.74 Å². The molecule has 0 bridgehead atoms. The van der Waals surface area contributed by atoms with Gasteiger partial charge in [0.25, 0.3) is 0 Å². The van der Waals surface area contributed by atoms with E-state index in [0.717, 1.165) is 16.4 Å². The molecule has 0 N–H and O–H groups in total. The molecule has 0 aliphatic carbocycles. The van der Waals surface area contributed by atoms with Gasteiger partial charge in [-0.1, -0.05) is 0 Å². The van der Waals surface area contributed by atoms with Gasteiger partial charge in [0, 0.05) is 32.2 Å². The van der Waals surface area contributed by atoms with Gasteiger partial charge >= 0.3 is 0 Å². The van der Waals surface area contributed by atoms with E-state index in [4.69, 9.17) is 4.74 Å². The number of rotatable bonds is 5. The Morgan fingerprint density at radius 1 is 0.750 bits per heavy atom. The maximum atomic E-state index is 13.4. The van der Waals surface area contributed by atoms with Crippen LogP contribution in [0.2, 0.25) is 0 Å². The lowest BCUT2D eigenvalue weighted by Gasteiger charge is -2.33. The lowest BCUT2D eigenvalue weighted by molar-refractivity contribution is 0.272. The number of ether oxygens (including phenoxy) is 1. The third-order valence-corrected chi connectivity index (χ3v) is 8.16. The number of hydrogen-bond donors (Lipinski definition) is 0. The second kappa shape index (κ2) is 7.74. The minimum Gasteiger partial charge on any atom is -0.497 e. The summed E-state index contributed by atoms with van der Waals surface area (Å²) in [5, 5.41) is 0. The fourth-order valence-corrected chi connectivity index (χ4v) is 5.76. The van der Waals surface area contributed by atoms with Crippen LogP contribution in [0.1, 0.15) is 0 Å². The Morgan fingerprint density at radius 3 is 1.61 bits per heavy atom. The van der Waals surface area contributed by atoms with E-state index < -0.39 is 36.6 Å². The first-order valence-corrected chi connectivity index (χ1v) is 11.1. The Bertz CT molecular complexity index is 1040. The molecule has 152 valence electrons. The molecule has 1 aliphatic heterocycles. The molecule has 3 rings (SSSR count). The molecular formula is C17H18F2N2O5S2. The number of benzene rings is 2. The second-order valence-corrected chi connectivity index (χ2v) is 9.96. The Balaban J connectivity index is 1.76. The summed E-state index contributed by atoms with van der Waals surface area (Å²) in [5.74, 6) is -1.49. The van der Waals surface area contributed by atoms with Crippen molar-refractivity contribution in [3.8, 4) is 5.75 Å². The first kappa shape index (κ1) is 20.6. The summed E-state index contributed by atoms with van der Waals surface area (Å²) in [7, 11) is -6.47. The smallest absolute Gasteiger partial charge is 0.243 e. The lowest BCUT2D eigenvalue weighted by Crippen LogP contribution is -2.50. The zero-order valence-electron chi connectivity index (χ0n) is 14.9. The van der Waals surface area contributed by atoms with E-state index in [1.807, 2.05) is 0 Å². The van der Waals surface area contributed by atoms with Crippen LogP contribution in [0, 0.1) is 11.6 Å². The average molecular weight is 432 g/mol. The molecule has 2 aromatic carbocycles. The van der Waals surface area contributed by atoms with E-state index >= 15 is 0 Å². The lowest BCUT2D eigenvalue weighted by atomic mass is 10.3. The average Bonchev–Trinajstić information content (AvgIpc) is 2.67. The molecule has 0 atom stereocenters. The first-order chi connectivity index (χ1) is 13.1. The highest BCUT2D eigenvalue weighted by Gasteiger charge is 2.34. The van der Waals surface area contributed by atoms with E-state index in [1.54, 1.807) is 0 Å². The molecule has 11 heteroatoms. The molecule has 1 heterocycles. The van der Waals surface area contributed by atoms with E-state index in [2.05, 4.69) is 0 Å². The fourth-order valence-electron chi connectivity index (χ4n) is 2.87. The van der Waals surface area contributed by atoms with Gasteiger partial charge in [-0.15, -0.1) is 0 Å². The van der Waals surface area contributed by atoms with Crippen molar-refractivity contribution in [1.82, 2.24) is 8.61 Å². The van der Waals surface area contributed by atoms with Crippen molar-refractivity contribution in [2.24, 2.45) is 0 Å². The van der Waals surface area contributed by atoms with Gasteiger partial charge in [-0.05, 0) is 36.4 Å². The van der Waals surface area contributed by atoms with Gasteiger partial charge in [0.1, 0.15) is 17.4 Å². The number of sulfonamides is 2. The highest BCUT2D eigenvalue weighted by molar-refractivity contribution is 7.89. The predicted octanol–water partition coefficient (Wildman–Crippen LogP) is 1.67. The van der Waals surface area contributed by atoms with Crippen LogP contribution in [0.5, 0.6) is 5.75 Å². The van der Waals surface area contributed by atoms with E-state index in [1.165, 1.54) is 35.7 Å². The van der Waals surface area contributed by atoms with Gasteiger partial charge < -0.3 is 4.74 Å². The maximum absolute atomic E-state index is 13.4. The van der Waals surface area contributed by atoms with Crippen molar-refractivity contribution in [2.45, 2.75) is 9.79 Å². The number of nitrogens with zero attached hydrogens (tertiary/aromatic N) is 2. The van der Waals surface area contributed by atoms with Gasteiger partial charge in [0.2, 0.25) is 20.0 Å². The maximum Gasteiger partial charge on any atom is 0.243 e. The summed E-state index contributed by atoms with van der Waals surface area (Å²) in [6.07, 6.45) is 0. The summed E-state index contributed by atoms with van der Waals surface area (Å²) in [4.78, 5) is -0.437. The van der Waals surface area contributed by atoms with E-state index in [0.29, 0.717) is 11.8 Å².